The SMILES string of the molecule is C[C@@H]1O[C@@H](O[C@@H]2[C@@H](C)C[C@@H](C(=O)NCCc3cn(CCn4ccc5cc([N+](=O)[O-])ccc54)nn3)C[C@H]2O[C@@H]2O[C@H](CO)[C@H](O)[C@H](O[C@@H](CC3CCCCC3)C(=O)O)[C@H]2OC(=O)c2ccccc2)[C@@H](O)[C@H](O)[C@@H]1O. The van der Waals surface area contributed by atoms with Crippen molar-refractivity contribution in [2.45, 2.75) is 164 Å². The van der Waals surface area contributed by atoms with Gasteiger partial charge in [-0.1, -0.05) is 62.4 Å². The first kappa shape index (κ1) is 53.8. The first-order valence-electron chi connectivity index (χ1n) is 25.1. The third-order valence-electron chi connectivity index (χ3n) is 14.6. The highest BCUT2D eigenvalue weighted by Gasteiger charge is 2.54. The Bertz CT molecular complexity index is 2490. The molecule has 1 amide bonds. The number of non-ortho nitro benzene ring substituents is 1. The zero-order valence-electron chi connectivity index (χ0n) is 40.7. The standard InChI is InChI=1S/C50H66N6O17/c1-27-21-32(46(62)51-17-15-33-25-55(53-52-33)20-19-54-18-16-31-23-34(56(66)67)13-14-35(31)54)24-36(43(27)73-49-42(61)41(60)39(58)28(2)68-49)70-50-45(72-48(65)30-11-7-4-8-12-30)44(40(59)38(26-57)71-50)69-37(47(63)64)22-29-9-5-3-6-10-29/h4,7-8,11-14,16,18,23,25,27-29,32,36-45,49-50,57-61H,3,5-6,9-10,15,17,19-22,24,26H2,1-2H3,(H,51,62)(H,63,64)/t27-,28-,32+,36+,37-,38+,39+,40-,41+,42-,43+,44-,45+,49-,50+/m0/s1. The minimum absolute atomic E-state index is 0.00799. The van der Waals surface area contributed by atoms with Crippen molar-refractivity contribution in [2.24, 2.45) is 17.8 Å². The Kier molecular flexibility index (Phi) is 17.9. The number of nitrogens with one attached hydrogen (secondary N) is 1. The molecule has 23 heteroatoms. The Hall–Kier alpha value is -5.47. The lowest BCUT2D eigenvalue weighted by molar-refractivity contribution is -0.384. The van der Waals surface area contributed by atoms with Crippen molar-refractivity contribution in [3.8, 4) is 0 Å². The van der Waals surface area contributed by atoms with E-state index in [-0.39, 0.29) is 48.9 Å². The van der Waals surface area contributed by atoms with Crippen LogP contribution < -0.4 is 5.32 Å². The molecule has 23 nitrogen and oxygen atoms in total. The monoisotopic (exact) mass is 1020 g/mol. The summed E-state index contributed by atoms with van der Waals surface area (Å²) in [7, 11) is 0. The average molecular weight is 1020 g/mol. The van der Waals surface area contributed by atoms with Gasteiger partial charge in [0, 0.05) is 60.9 Å². The molecule has 2 aliphatic carbocycles. The van der Waals surface area contributed by atoms with Crippen LogP contribution >= 0.6 is 0 Å². The summed E-state index contributed by atoms with van der Waals surface area (Å²) >= 11 is 0. The highest BCUT2D eigenvalue weighted by molar-refractivity contribution is 5.89. The fourth-order valence-corrected chi connectivity index (χ4v) is 10.5. The second-order valence-electron chi connectivity index (χ2n) is 19.7. The summed E-state index contributed by atoms with van der Waals surface area (Å²) in [6, 6.07) is 14.4. The smallest absolute Gasteiger partial charge is 0.338 e. The second kappa shape index (κ2) is 24.3. The molecule has 2 aromatic heterocycles. The van der Waals surface area contributed by atoms with E-state index in [2.05, 4.69) is 15.6 Å². The van der Waals surface area contributed by atoms with Gasteiger partial charge >= 0.3 is 11.9 Å². The molecule has 2 aromatic carbocycles. The molecule has 7 N–H and O–H groups in total. The summed E-state index contributed by atoms with van der Waals surface area (Å²) in [5.41, 5.74) is 1.57. The van der Waals surface area contributed by atoms with Gasteiger partial charge in [-0.25, -0.2) is 9.59 Å². The maximum atomic E-state index is 14.1. The molecule has 2 saturated carbocycles. The van der Waals surface area contributed by atoms with E-state index in [1.54, 1.807) is 42.1 Å². The molecule has 0 spiro atoms. The molecule has 398 valence electrons. The maximum absolute atomic E-state index is 14.1. The molecule has 4 heterocycles. The molecule has 0 unspecified atom stereocenters. The van der Waals surface area contributed by atoms with Gasteiger partial charge in [0.1, 0.15) is 36.6 Å². The lowest BCUT2D eigenvalue weighted by Gasteiger charge is -2.48. The largest absolute Gasteiger partial charge is 0.479 e. The van der Waals surface area contributed by atoms with E-state index < -0.39 is 115 Å². The minimum Gasteiger partial charge on any atom is -0.479 e. The normalized spacial score (nSPS) is 31.4. The predicted molar refractivity (Wildman–Crippen MR) is 254 cm³/mol. The van der Waals surface area contributed by atoms with Gasteiger partial charge in [-0.3, -0.25) is 19.6 Å². The molecule has 2 saturated heterocycles. The molecule has 0 radical (unpaired) electrons. The van der Waals surface area contributed by atoms with Crippen LogP contribution in [-0.2, 0) is 57.5 Å². The molecular weight excluding hydrogens is 957 g/mol. The quantitative estimate of drug-likeness (QED) is 0.0379. The van der Waals surface area contributed by atoms with Gasteiger partial charge in [0.25, 0.3) is 5.69 Å². The number of nitro benzene ring substituents is 1. The summed E-state index contributed by atoms with van der Waals surface area (Å²) in [4.78, 5) is 51.6. The van der Waals surface area contributed by atoms with Crippen LogP contribution in [0.15, 0.2) is 67.0 Å². The fraction of sp³-hybridized carbons (Fsp3) is 0.620. The number of carbonyl (C=O) groups is 3. The lowest BCUT2D eigenvalue weighted by atomic mass is 9.77. The van der Waals surface area contributed by atoms with E-state index in [4.69, 9.17) is 28.4 Å². The van der Waals surface area contributed by atoms with Gasteiger partial charge in [-0.05, 0) is 62.3 Å². The predicted octanol–water partition coefficient (Wildman–Crippen LogP) is 2.26. The fourth-order valence-electron chi connectivity index (χ4n) is 10.5. The third-order valence-corrected chi connectivity index (χ3v) is 14.6. The minimum atomic E-state index is -1.71. The highest BCUT2D eigenvalue weighted by atomic mass is 16.7. The van der Waals surface area contributed by atoms with Gasteiger partial charge in [-0.15, -0.1) is 5.10 Å². The van der Waals surface area contributed by atoms with Gasteiger partial charge in [0.15, 0.2) is 24.8 Å². The average Bonchev–Trinajstić information content (AvgIpc) is 4.03. The van der Waals surface area contributed by atoms with Crippen LogP contribution in [0.2, 0.25) is 0 Å². The topological polar surface area (TPSA) is 319 Å². The summed E-state index contributed by atoms with van der Waals surface area (Å²) in [6.45, 7) is 3.65. The molecule has 73 heavy (non-hydrogen) atoms. The molecule has 0 bridgehead atoms. The van der Waals surface area contributed by atoms with Crippen LogP contribution in [0.3, 0.4) is 0 Å². The van der Waals surface area contributed by atoms with Crippen molar-refractivity contribution in [1.29, 1.82) is 0 Å². The van der Waals surface area contributed by atoms with E-state index in [0.29, 0.717) is 25.2 Å². The van der Waals surface area contributed by atoms with Crippen LogP contribution in [0.25, 0.3) is 10.9 Å². The Morgan fingerprint density at radius 2 is 1.66 bits per heavy atom. The number of rotatable bonds is 20. The van der Waals surface area contributed by atoms with Crippen LogP contribution in [-0.4, -0.2) is 166 Å². The number of aliphatic hydroxyl groups is 5. The highest BCUT2D eigenvalue weighted by Crippen LogP contribution is 2.39. The van der Waals surface area contributed by atoms with Gasteiger partial charge in [0.05, 0.1) is 47.6 Å². The van der Waals surface area contributed by atoms with E-state index in [1.807, 2.05) is 16.8 Å². The number of amides is 1. The van der Waals surface area contributed by atoms with Crippen LogP contribution in [0.5, 0.6) is 0 Å². The zero-order valence-corrected chi connectivity index (χ0v) is 40.7. The number of carboxylic acids is 1. The van der Waals surface area contributed by atoms with E-state index >= 15 is 0 Å². The number of aryl methyl sites for hydroxylation is 2. The van der Waals surface area contributed by atoms with Crippen molar-refractivity contribution < 1.29 is 78.4 Å². The number of ether oxygens (including phenoxy) is 6. The second-order valence-corrected chi connectivity index (χ2v) is 19.7. The zero-order chi connectivity index (χ0) is 51.9. The first-order chi connectivity index (χ1) is 35.1. The van der Waals surface area contributed by atoms with Crippen molar-refractivity contribution in [3.63, 3.8) is 0 Å². The number of aliphatic hydroxyl groups excluding tert-OH is 5. The third kappa shape index (κ3) is 12.9. The number of nitrogens with zero attached hydrogens (tertiary/aromatic N) is 5. The molecule has 15 atom stereocenters. The molecule has 2 aliphatic heterocycles. The van der Waals surface area contributed by atoms with Crippen LogP contribution in [0, 0.1) is 27.9 Å². The number of benzene rings is 2. The number of aliphatic carboxylic acids is 1. The Morgan fingerprint density at radius 3 is 2.38 bits per heavy atom. The number of hydrogen-bond acceptors (Lipinski definition) is 18. The number of fused-ring (bicyclic) bond motifs is 1. The van der Waals surface area contributed by atoms with Crippen LogP contribution in [0.1, 0.15) is 81.3 Å². The van der Waals surface area contributed by atoms with Gasteiger partial charge < -0.3 is 68.9 Å². The number of aromatic nitrogens is 4. The summed E-state index contributed by atoms with van der Waals surface area (Å²) in [5, 5.41) is 88.4. The number of esters is 1. The molecule has 8 rings (SSSR count). The number of hydrogen-bond donors (Lipinski definition) is 7. The van der Waals surface area contributed by atoms with Crippen molar-refractivity contribution >= 4 is 34.4 Å². The van der Waals surface area contributed by atoms with E-state index in [9.17, 15) is 55.1 Å². The molecule has 4 aliphatic rings. The van der Waals surface area contributed by atoms with Crippen molar-refractivity contribution in [1.82, 2.24) is 24.9 Å². The number of carbonyl (C=O) groups excluding carboxylic acids is 2. The van der Waals surface area contributed by atoms with Gasteiger partial charge in [0.2, 0.25) is 5.91 Å². The number of nitro groups is 1. The molecule has 4 fully saturated rings. The Morgan fingerprint density at radius 1 is 0.890 bits per heavy atom. The summed E-state index contributed by atoms with van der Waals surface area (Å²) in [5.74, 6) is -3.77. The molecular formula is C50H66N6O17. The maximum Gasteiger partial charge on any atom is 0.338 e. The van der Waals surface area contributed by atoms with Crippen molar-refractivity contribution in [3.05, 3.63) is 88.4 Å². The summed E-state index contributed by atoms with van der Waals surface area (Å²) in [6.07, 6.45) is -10.2. The Labute approximate surface area is 420 Å². The Balaban J connectivity index is 0.998. The van der Waals surface area contributed by atoms with E-state index in [1.165, 1.54) is 31.2 Å². The number of carboxylic acid groups (broad SMARTS) is 1. The van der Waals surface area contributed by atoms with Crippen LogP contribution in [0.4, 0.5) is 5.69 Å². The molecule has 4 aromatic rings. The first-order valence-corrected chi connectivity index (χ1v) is 25.1. The van der Waals surface area contributed by atoms with Crippen molar-refractivity contribution in [2.75, 3.05) is 13.2 Å². The van der Waals surface area contributed by atoms with Gasteiger partial charge in [-0.2, -0.15) is 0 Å². The lowest BCUT2D eigenvalue weighted by Crippen LogP contribution is -2.64. The summed E-state index contributed by atoms with van der Waals surface area (Å²) < 4.78 is 41.0. The van der Waals surface area contributed by atoms with E-state index in [0.717, 1.165) is 43.0 Å².